The molecule has 5 aromatic rings. The number of rotatable bonds is 5. The molecule has 2 fully saturated rings. The van der Waals surface area contributed by atoms with Crippen LogP contribution in [0.2, 0.25) is 0 Å². The summed E-state index contributed by atoms with van der Waals surface area (Å²) in [6.07, 6.45) is 2.41. The summed E-state index contributed by atoms with van der Waals surface area (Å²) in [4.78, 5) is 37.0. The number of nitrogens with one attached hydrogen (secondary N) is 1. The number of H-pyrrole nitrogens is 1. The second kappa shape index (κ2) is 8.68. The van der Waals surface area contributed by atoms with E-state index in [0.717, 1.165) is 6.42 Å². The Labute approximate surface area is 227 Å². The van der Waals surface area contributed by atoms with Crippen molar-refractivity contribution in [3.63, 3.8) is 0 Å². The molecule has 1 aliphatic carbocycles. The van der Waals surface area contributed by atoms with Gasteiger partial charge in [-0.1, -0.05) is 30.3 Å². The Bertz CT molecular complexity index is 1900. The van der Waals surface area contributed by atoms with Gasteiger partial charge in [0.15, 0.2) is 5.65 Å². The fourth-order valence-electron chi connectivity index (χ4n) is 6.92. The smallest absolute Gasteiger partial charge is 0.266 e. The van der Waals surface area contributed by atoms with Crippen LogP contribution in [0, 0.1) is 17.7 Å². The number of anilines is 1. The zero-order valence-electron chi connectivity index (χ0n) is 21.8. The van der Waals surface area contributed by atoms with E-state index in [1.165, 1.54) is 10.6 Å². The van der Waals surface area contributed by atoms with E-state index < -0.39 is 11.3 Å². The van der Waals surface area contributed by atoms with Crippen LogP contribution >= 0.6 is 0 Å². The third-order valence-corrected chi connectivity index (χ3v) is 8.89. The van der Waals surface area contributed by atoms with Crippen LogP contribution in [0.1, 0.15) is 22.3 Å². The lowest BCUT2D eigenvalue weighted by Gasteiger charge is -2.28. The molecule has 7 rings (SSSR count). The maximum absolute atomic E-state index is 14.8. The number of hydrogen-bond acceptors (Lipinski definition) is 7. The van der Waals surface area contributed by atoms with Gasteiger partial charge in [-0.25, -0.2) is 4.39 Å². The van der Waals surface area contributed by atoms with Gasteiger partial charge < -0.3 is 16.4 Å². The molecule has 3 aromatic heterocycles. The minimum Gasteiger partial charge on any atom is -0.366 e. The Morgan fingerprint density at radius 1 is 1.18 bits per heavy atom. The topological polar surface area (TPSA) is 149 Å². The Morgan fingerprint density at radius 3 is 2.77 bits per heavy atom. The first-order valence-electron chi connectivity index (χ1n) is 13.2. The summed E-state index contributed by atoms with van der Waals surface area (Å²) in [5.41, 5.74) is 14.0. The fourth-order valence-corrected chi connectivity index (χ4v) is 6.92. The number of piperidine rings is 1. The average Bonchev–Trinajstić information content (AvgIpc) is 3.42. The monoisotopic (exact) mass is 538 g/mol. The summed E-state index contributed by atoms with van der Waals surface area (Å²) < 4.78 is 16.3. The summed E-state index contributed by atoms with van der Waals surface area (Å²) in [6.45, 7) is 1.66. The van der Waals surface area contributed by atoms with Crippen molar-refractivity contribution >= 4 is 33.8 Å². The number of amides is 1. The van der Waals surface area contributed by atoms with Crippen LogP contribution < -0.4 is 21.9 Å². The standard InChI is InChI=1S/C29H27FN8O2/c1-37-27(40)22-24(16-8-9-17(25(32)39)23-15(16)5-4-11-33-23)35-36-26(22)34-28(37)38-12-10-18-20(13-38)29(18,14-31)19-6-2-3-7-21(19)30/h2-9,11,18,20H,10,12-14,31H2,1H3,(H2,32,39)(H,35,36)/t18-,20+,29-/m1/s1. The van der Waals surface area contributed by atoms with Crippen molar-refractivity contribution in [3.05, 3.63) is 82.0 Å². The summed E-state index contributed by atoms with van der Waals surface area (Å²) in [6, 6.07) is 13.8. The summed E-state index contributed by atoms with van der Waals surface area (Å²) in [5, 5.41) is 8.39. The van der Waals surface area contributed by atoms with Gasteiger partial charge in [-0.3, -0.25) is 24.2 Å². The van der Waals surface area contributed by atoms with E-state index in [2.05, 4.69) is 20.1 Å². The lowest BCUT2D eigenvalue weighted by atomic mass is 9.91. The van der Waals surface area contributed by atoms with Crippen LogP contribution in [0.5, 0.6) is 0 Å². The maximum Gasteiger partial charge on any atom is 0.266 e. The van der Waals surface area contributed by atoms with Crippen LogP contribution in [0.15, 0.2) is 59.5 Å². The highest BCUT2D eigenvalue weighted by Gasteiger charge is 2.66. The number of aromatic amines is 1. The molecule has 0 radical (unpaired) electrons. The molecule has 202 valence electrons. The van der Waals surface area contributed by atoms with Crippen molar-refractivity contribution in [2.75, 3.05) is 24.5 Å². The van der Waals surface area contributed by atoms with Gasteiger partial charge in [0.25, 0.3) is 11.5 Å². The van der Waals surface area contributed by atoms with E-state index in [9.17, 15) is 14.0 Å². The highest BCUT2D eigenvalue weighted by Crippen LogP contribution is 2.63. The van der Waals surface area contributed by atoms with Crippen molar-refractivity contribution in [2.45, 2.75) is 11.8 Å². The molecule has 3 atom stereocenters. The first kappa shape index (κ1) is 24.4. The first-order chi connectivity index (χ1) is 19.4. The quantitative estimate of drug-likeness (QED) is 0.311. The summed E-state index contributed by atoms with van der Waals surface area (Å²) in [7, 11) is 1.70. The number of nitrogens with zero attached hydrogens (tertiary/aromatic N) is 5. The number of fused-ring (bicyclic) bond motifs is 3. The molecule has 1 saturated heterocycles. The Morgan fingerprint density at radius 2 is 2.00 bits per heavy atom. The molecular weight excluding hydrogens is 511 g/mol. The number of hydrogen-bond donors (Lipinski definition) is 3. The molecule has 1 saturated carbocycles. The third-order valence-electron chi connectivity index (χ3n) is 8.89. The Kier molecular flexibility index (Phi) is 5.30. The zero-order chi connectivity index (χ0) is 27.8. The lowest BCUT2D eigenvalue weighted by Crippen LogP contribution is -2.37. The maximum atomic E-state index is 14.8. The minimum absolute atomic E-state index is 0.163. The van der Waals surface area contributed by atoms with E-state index >= 15 is 0 Å². The second-order valence-electron chi connectivity index (χ2n) is 10.7. The van der Waals surface area contributed by atoms with Crippen LogP contribution in [0.25, 0.3) is 33.2 Å². The largest absolute Gasteiger partial charge is 0.366 e. The molecule has 0 unspecified atom stereocenters. The molecular formula is C29H27FN8O2. The first-order valence-corrected chi connectivity index (χ1v) is 13.2. The van der Waals surface area contributed by atoms with Crippen molar-refractivity contribution in [1.82, 2.24) is 24.7 Å². The molecule has 40 heavy (non-hydrogen) atoms. The normalized spacial score (nSPS) is 22.0. The second-order valence-corrected chi connectivity index (χ2v) is 10.7. The van der Waals surface area contributed by atoms with Crippen LogP contribution in [0.4, 0.5) is 10.3 Å². The lowest BCUT2D eigenvalue weighted by molar-refractivity contribution is 0.100. The third kappa shape index (κ3) is 3.27. The van der Waals surface area contributed by atoms with Crippen LogP contribution in [-0.4, -0.2) is 50.3 Å². The fraction of sp³-hybridized carbons (Fsp3) is 0.276. The molecule has 4 heterocycles. The molecule has 0 bridgehead atoms. The van der Waals surface area contributed by atoms with Gasteiger partial charge in [0.05, 0.1) is 11.1 Å². The van der Waals surface area contributed by atoms with Crippen molar-refractivity contribution in [2.24, 2.45) is 30.4 Å². The van der Waals surface area contributed by atoms with Crippen molar-refractivity contribution < 1.29 is 9.18 Å². The van der Waals surface area contributed by atoms with Gasteiger partial charge in [-0.2, -0.15) is 10.1 Å². The van der Waals surface area contributed by atoms with Crippen LogP contribution in [-0.2, 0) is 12.5 Å². The SMILES string of the molecule is Cn1c(N2CC[C@@H]3[C@H](C2)[C@@]3(CN)c2ccccc2F)nc2[nH]nc(-c3ccc(C(N)=O)c4ncccc34)c2c1=O. The van der Waals surface area contributed by atoms with E-state index in [-0.39, 0.29) is 23.2 Å². The van der Waals surface area contributed by atoms with E-state index in [1.807, 2.05) is 18.2 Å². The molecule has 0 spiro atoms. The molecule has 2 aliphatic rings. The van der Waals surface area contributed by atoms with Gasteiger partial charge in [-0.15, -0.1) is 0 Å². The Hall–Kier alpha value is -4.64. The van der Waals surface area contributed by atoms with Crippen molar-refractivity contribution in [1.29, 1.82) is 0 Å². The molecule has 10 nitrogen and oxygen atoms in total. The van der Waals surface area contributed by atoms with Crippen LogP contribution in [0.3, 0.4) is 0 Å². The number of carbonyl (C=O) groups is 1. The van der Waals surface area contributed by atoms with Gasteiger partial charge in [0, 0.05) is 49.2 Å². The number of nitrogens with two attached hydrogens (primary N) is 2. The number of pyridine rings is 1. The van der Waals surface area contributed by atoms with Gasteiger partial charge >= 0.3 is 0 Å². The predicted octanol–water partition coefficient (Wildman–Crippen LogP) is 2.46. The number of primary amides is 1. The highest BCUT2D eigenvalue weighted by atomic mass is 19.1. The van der Waals surface area contributed by atoms with Gasteiger partial charge in [-0.05, 0) is 42.0 Å². The van der Waals surface area contributed by atoms with Crippen molar-refractivity contribution in [3.8, 4) is 11.3 Å². The Balaban J connectivity index is 1.28. The molecule has 11 heteroatoms. The zero-order valence-corrected chi connectivity index (χ0v) is 21.8. The predicted molar refractivity (Wildman–Crippen MR) is 149 cm³/mol. The summed E-state index contributed by atoms with van der Waals surface area (Å²) in [5.74, 6) is 0.161. The van der Waals surface area contributed by atoms with E-state index in [4.69, 9.17) is 16.5 Å². The minimum atomic E-state index is -0.586. The number of benzene rings is 2. The van der Waals surface area contributed by atoms with Gasteiger partial charge in [0.2, 0.25) is 5.95 Å². The molecule has 5 N–H and O–H groups in total. The number of aromatic nitrogens is 5. The molecule has 1 amide bonds. The summed E-state index contributed by atoms with van der Waals surface area (Å²) >= 11 is 0. The van der Waals surface area contributed by atoms with E-state index in [1.54, 1.807) is 37.5 Å². The number of halogens is 1. The number of carbonyl (C=O) groups excluding carboxylic acids is 1. The molecule has 2 aromatic carbocycles. The molecule has 1 aliphatic heterocycles. The highest BCUT2D eigenvalue weighted by molar-refractivity contribution is 6.10. The average molecular weight is 539 g/mol. The van der Waals surface area contributed by atoms with Gasteiger partial charge in [0.1, 0.15) is 16.9 Å². The van der Waals surface area contributed by atoms with E-state index in [0.29, 0.717) is 69.9 Å².